The standard InChI is InChI=1S/C14H21NO2/c1-3-5-13(16)7-6-12-9-14(11-15-10-12)17-8-4-2/h9-11H,3-8H2,1-2H3. The van der Waals surface area contributed by atoms with Crippen molar-refractivity contribution < 1.29 is 9.53 Å². The molecular weight excluding hydrogens is 214 g/mol. The molecule has 3 nitrogen and oxygen atoms in total. The van der Waals surface area contributed by atoms with Gasteiger partial charge in [-0.2, -0.15) is 0 Å². The van der Waals surface area contributed by atoms with Gasteiger partial charge in [0.1, 0.15) is 11.5 Å². The van der Waals surface area contributed by atoms with E-state index in [0.717, 1.165) is 30.6 Å². The molecule has 0 radical (unpaired) electrons. The van der Waals surface area contributed by atoms with Gasteiger partial charge in [-0.25, -0.2) is 0 Å². The van der Waals surface area contributed by atoms with Crippen LogP contribution in [0.15, 0.2) is 18.5 Å². The second-order valence-electron chi connectivity index (χ2n) is 4.17. The minimum Gasteiger partial charge on any atom is -0.492 e. The maximum atomic E-state index is 11.4. The Labute approximate surface area is 103 Å². The Balaban J connectivity index is 2.45. The van der Waals surface area contributed by atoms with E-state index in [4.69, 9.17) is 4.74 Å². The number of ether oxygens (including phenoxy) is 1. The SMILES string of the molecule is CCCOc1cncc(CCC(=O)CCC)c1. The van der Waals surface area contributed by atoms with E-state index in [1.165, 1.54) is 0 Å². The Hall–Kier alpha value is -1.38. The van der Waals surface area contributed by atoms with Gasteiger partial charge in [0.25, 0.3) is 0 Å². The first-order chi connectivity index (χ1) is 8.26. The highest BCUT2D eigenvalue weighted by Crippen LogP contribution is 2.13. The second kappa shape index (κ2) is 7.82. The van der Waals surface area contributed by atoms with Gasteiger partial charge in [-0.05, 0) is 30.9 Å². The molecule has 1 rings (SSSR count). The van der Waals surface area contributed by atoms with Crippen molar-refractivity contribution >= 4 is 5.78 Å². The summed E-state index contributed by atoms with van der Waals surface area (Å²) < 4.78 is 5.50. The zero-order chi connectivity index (χ0) is 12.5. The van der Waals surface area contributed by atoms with Crippen molar-refractivity contribution in [3.8, 4) is 5.75 Å². The van der Waals surface area contributed by atoms with Crippen molar-refractivity contribution in [2.24, 2.45) is 0 Å². The van der Waals surface area contributed by atoms with Crippen LogP contribution >= 0.6 is 0 Å². The number of nitrogens with zero attached hydrogens (tertiary/aromatic N) is 1. The molecule has 0 amide bonds. The number of ketones is 1. The quantitative estimate of drug-likeness (QED) is 0.694. The lowest BCUT2D eigenvalue weighted by Gasteiger charge is -2.06. The van der Waals surface area contributed by atoms with Crippen molar-refractivity contribution in [2.75, 3.05) is 6.61 Å². The van der Waals surface area contributed by atoms with E-state index in [1.54, 1.807) is 12.4 Å². The number of rotatable bonds is 8. The molecule has 0 spiro atoms. The van der Waals surface area contributed by atoms with Crippen molar-refractivity contribution in [1.29, 1.82) is 0 Å². The lowest BCUT2D eigenvalue weighted by molar-refractivity contribution is -0.119. The molecule has 1 aromatic rings. The fraction of sp³-hybridized carbons (Fsp3) is 0.571. The summed E-state index contributed by atoms with van der Waals surface area (Å²) >= 11 is 0. The van der Waals surface area contributed by atoms with Crippen LogP contribution < -0.4 is 4.74 Å². The van der Waals surface area contributed by atoms with E-state index in [-0.39, 0.29) is 0 Å². The average Bonchev–Trinajstić information content (AvgIpc) is 2.35. The summed E-state index contributed by atoms with van der Waals surface area (Å²) in [5, 5.41) is 0. The minimum absolute atomic E-state index is 0.326. The number of hydrogen-bond acceptors (Lipinski definition) is 3. The molecule has 0 saturated carbocycles. The van der Waals surface area contributed by atoms with Gasteiger partial charge in [-0.15, -0.1) is 0 Å². The normalized spacial score (nSPS) is 10.2. The first-order valence-electron chi connectivity index (χ1n) is 6.34. The van der Waals surface area contributed by atoms with E-state index >= 15 is 0 Å². The number of carbonyl (C=O) groups excluding carboxylic acids is 1. The van der Waals surface area contributed by atoms with Crippen LogP contribution in [0.2, 0.25) is 0 Å². The number of hydrogen-bond donors (Lipinski definition) is 0. The molecule has 0 fully saturated rings. The highest BCUT2D eigenvalue weighted by molar-refractivity contribution is 5.78. The molecule has 0 atom stereocenters. The summed E-state index contributed by atoms with van der Waals surface area (Å²) in [6.45, 7) is 4.80. The largest absolute Gasteiger partial charge is 0.492 e. The summed E-state index contributed by atoms with van der Waals surface area (Å²) in [5.41, 5.74) is 1.07. The van der Waals surface area contributed by atoms with Gasteiger partial charge in [-0.3, -0.25) is 9.78 Å². The highest BCUT2D eigenvalue weighted by atomic mass is 16.5. The fourth-order valence-electron chi connectivity index (χ4n) is 1.59. The minimum atomic E-state index is 0.326. The molecule has 1 heterocycles. The Bertz CT molecular complexity index is 350. The monoisotopic (exact) mass is 235 g/mol. The molecule has 0 N–H and O–H groups in total. The fourth-order valence-corrected chi connectivity index (χ4v) is 1.59. The van der Waals surface area contributed by atoms with Crippen LogP contribution in [-0.2, 0) is 11.2 Å². The third-order valence-electron chi connectivity index (χ3n) is 2.46. The van der Waals surface area contributed by atoms with Crippen LogP contribution in [0.25, 0.3) is 0 Å². The number of aryl methyl sites for hydroxylation is 1. The van der Waals surface area contributed by atoms with Crippen molar-refractivity contribution in [1.82, 2.24) is 4.98 Å². The van der Waals surface area contributed by atoms with E-state index in [1.807, 2.05) is 13.0 Å². The molecule has 0 aromatic carbocycles. The van der Waals surface area contributed by atoms with Crippen molar-refractivity contribution in [2.45, 2.75) is 46.0 Å². The van der Waals surface area contributed by atoms with E-state index in [0.29, 0.717) is 25.2 Å². The Kier molecular flexibility index (Phi) is 6.30. The number of aromatic nitrogens is 1. The maximum absolute atomic E-state index is 11.4. The first kappa shape index (κ1) is 13.7. The summed E-state index contributed by atoms with van der Waals surface area (Å²) in [7, 11) is 0. The molecule has 94 valence electrons. The van der Waals surface area contributed by atoms with Crippen LogP contribution in [0, 0.1) is 0 Å². The maximum Gasteiger partial charge on any atom is 0.137 e. The average molecular weight is 235 g/mol. The topological polar surface area (TPSA) is 39.2 Å². The molecule has 0 aliphatic heterocycles. The van der Waals surface area contributed by atoms with E-state index in [2.05, 4.69) is 11.9 Å². The van der Waals surface area contributed by atoms with Gasteiger partial charge in [0.05, 0.1) is 12.8 Å². The van der Waals surface area contributed by atoms with Gasteiger partial charge in [0.2, 0.25) is 0 Å². The van der Waals surface area contributed by atoms with E-state index in [9.17, 15) is 4.79 Å². The molecule has 0 aliphatic carbocycles. The molecule has 0 bridgehead atoms. The molecule has 0 saturated heterocycles. The summed E-state index contributed by atoms with van der Waals surface area (Å²) in [4.78, 5) is 15.5. The predicted octanol–water partition coefficient (Wildman–Crippen LogP) is 3.17. The number of pyridine rings is 1. The highest BCUT2D eigenvalue weighted by Gasteiger charge is 2.03. The van der Waals surface area contributed by atoms with Gasteiger partial charge < -0.3 is 4.74 Å². The Morgan fingerprint density at radius 3 is 2.76 bits per heavy atom. The molecule has 0 aliphatic rings. The third kappa shape index (κ3) is 5.48. The van der Waals surface area contributed by atoms with Crippen LogP contribution in [-0.4, -0.2) is 17.4 Å². The smallest absolute Gasteiger partial charge is 0.137 e. The van der Waals surface area contributed by atoms with Crippen molar-refractivity contribution in [3.05, 3.63) is 24.0 Å². The number of carbonyl (C=O) groups is 1. The van der Waals surface area contributed by atoms with E-state index < -0.39 is 0 Å². The Morgan fingerprint density at radius 2 is 2.06 bits per heavy atom. The molecular formula is C14H21NO2. The lowest BCUT2D eigenvalue weighted by Crippen LogP contribution is -2.01. The zero-order valence-corrected chi connectivity index (χ0v) is 10.7. The summed E-state index contributed by atoms with van der Waals surface area (Å²) in [6.07, 6.45) is 7.47. The molecule has 1 aromatic heterocycles. The zero-order valence-electron chi connectivity index (χ0n) is 10.7. The Morgan fingerprint density at radius 1 is 1.24 bits per heavy atom. The van der Waals surface area contributed by atoms with Crippen LogP contribution in [0.5, 0.6) is 5.75 Å². The molecule has 0 unspecified atom stereocenters. The molecule has 3 heteroatoms. The summed E-state index contributed by atoms with van der Waals surface area (Å²) in [5.74, 6) is 1.12. The molecule has 17 heavy (non-hydrogen) atoms. The lowest BCUT2D eigenvalue weighted by atomic mass is 10.1. The van der Waals surface area contributed by atoms with Gasteiger partial charge in [-0.1, -0.05) is 13.8 Å². The van der Waals surface area contributed by atoms with Crippen LogP contribution in [0.3, 0.4) is 0 Å². The first-order valence-corrected chi connectivity index (χ1v) is 6.34. The predicted molar refractivity (Wildman–Crippen MR) is 68.3 cm³/mol. The second-order valence-corrected chi connectivity index (χ2v) is 4.17. The van der Waals surface area contributed by atoms with Crippen molar-refractivity contribution in [3.63, 3.8) is 0 Å². The summed E-state index contributed by atoms with van der Waals surface area (Å²) in [6, 6.07) is 1.97. The number of Topliss-reactive ketones (excluding diaryl/α,β-unsaturated/α-hetero) is 1. The van der Waals surface area contributed by atoms with Gasteiger partial charge in [0, 0.05) is 19.0 Å². The van der Waals surface area contributed by atoms with Crippen LogP contribution in [0.1, 0.15) is 45.1 Å². The van der Waals surface area contributed by atoms with Gasteiger partial charge in [0.15, 0.2) is 0 Å². The van der Waals surface area contributed by atoms with Gasteiger partial charge >= 0.3 is 0 Å². The van der Waals surface area contributed by atoms with Crippen LogP contribution in [0.4, 0.5) is 0 Å². The third-order valence-corrected chi connectivity index (χ3v) is 2.46.